The number of aromatic nitrogens is 1. The number of likely N-dealkylation sites (tertiary alicyclic amines) is 1. The lowest BCUT2D eigenvalue weighted by Gasteiger charge is -2.29. The largest absolute Gasteiger partial charge is 0.496 e. The molecule has 10 nitrogen and oxygen atoms in total. The van der Waals surface area contributed by atoms with E-state index in [4.69, 9.17) is 19.2 Å². The second kappa shape index (κ2) is 13.5. The van der Waals surface area contributed by atoms with E-state index in [0.717, 1.165) is 25.9 Å². The van der Waals surface area contributed by atoms with Crippen LogP contribution in [0.1, 0.15) is 50.8 Å². The normalized spacial score (nSPS) is 16.4. The van der Waals surface area contributed by atoms with Crippen molar-refractivity contribution < 1.29 is 23.8 Å². The predicted molar refractivity (Wildman–Crippen MR) is 169 cm³/mol. The number of benzene rings is 2. The van der Waals surface area contributed by atoms with Crippen LogP contribution in [0.25, 0.3) is 6.08 Å². The summed E-state index contributed by atoms with van der Waals surface area (Å²) >= 11 is 1.26. The number of likely N-dealkylation sites (N-methyl/N-ethyl adjacent to an activating group) is 1. The Labute approximate surface area is 260 Å². The van der Waals surface area contributed by atoms with Crippen molar-refractivity contribution in [3.05, 3.63) is 84.5 Å². The number of hydrogen-bond acceptors (Lipinski definition) is 8. The lowest BCUT2D eigenvalue weighted by molar-refractivity contribution is -0.132. The molecule has 2 amide bonds. The molecule has 11 heteroatoms. The van der Waals surface area contributed by atoms with Crippen LogP contribution in [0.4, 0.5) is 0 Å². The number of allylic oxidation sites excluding steroid dienone is 1. The molecule has 2 aromatic carbocycles. The zero-order chi connectivity index (χ0) is 31.4. The molecule has 2 aliphatic heterocycles. The molecule has 3 aromatic rings. The summed E-state index contributed by atoms with van der Waals surface area (Å²) in [7, 11) is 3.11. The lowest BCUT2D eigenvalue weighted by Crippen LogP contribution is -2.43. The van der Waals surface area contributed by atoms with Gasteiger partial charge < -0.3 is 24.0 Å². The van der Waals surface area contributed by atoms with Crippen LogP contribution in [0.3, 0.4) is 0 Å². The van der Waals surface area contributed by atoms with Gasteiger partial charge in [0.2, 0.25) is 0 Å². The summed E-state index contributed by atoms with van der Waals surface area (Å²) in [6.07, 6.45) is 3.81. The Morgan fingerprint density at radius 1 is 1.02 bits per heavy atom. The molecule has 0 radical (unpaired) electrons. The van der Waals surface area contributed by atoms with E-state index in [9.17, 15) is 14.4 Å². The maximum absolute atomic E-state index is 14.1. The third kappa shape index (κ3) is 6.01. The lowest BCUT2D eigenvalue weighted by atomic mass is 9.94. The van der Waals surface area contributed by atoms with Gasteiger partial charge in [0.25, 0.3) is 17.4 Å². The topological polar surface area (TPSA) is 103 Å². The van der Waals surface area contributed by atoms with Gasteiger partial charge >= 0.3 is 0 Å². The Morgan fingerprint density at radius 2 is 1.73 bits per heavy atom. The number of thiazole rings is 1. The molecule has 0 bridgehead atoms. The van der Waals surface area contributed by atoms with Crippen molar-refractivity contribution in [3.8, 4) is 17.2 Å². The van der Waals surface area contributed by atoms with E-state index < -0.39 is 6.04 Å². The van der Waals surface area contributed by atoms with Crippen LogP contribution in [-0.4, -0.2) is 73.2 Å². The number of fused-ring (bicyclic) bond motifs is 1. The summed E-state index contributed by atoms with van der Waals surface area (Å²) in [5.41, 5.74) is 2.17. The van der Waals surface area contributed by atoms with Crippen LogP contribution in [0, 0.1) is 0 Å². The molecule has 0 N–H and O–H groups in total. The van der Waals surface area contributed by atoms with Gasteiger partial charge in [-0.05, 0) is 63.5 Å². The number of hydrogen-bond donors (Lipinski definition) is 0. The van der Waals surface area contributed by atoms with Gasteiger partial charge in [0, 0.05) is 31.7 Å². The molecule has 44 heavy (non-hydrogen) atoms. The molecule has 1 fully saturated rings. The number of rotatable bonds is 10. The number of methoxy groups -OCH3 is 2. The maximum atomic E-state index is 14.1. The molecule has 0 spiro atoms. The second-order valence-corrected chi connectivity index (χ2v) is 11.6. The Balaban J connectivity index is 1.55. The van der Waals surface area contributed by atoms with E-state index in [0.29, 0.717) is 62.1 Å². The molecule has 1 atom stereocenters. The van der Waals surface area contributed by atoms with Crippen LogP contribution in [0.2, 0.25) is 0 Å². The molecule has 232 valence electrons. The standard InChI is InChI=1S/C33H38N4O6S/c1-6-35(7-2)32(40)29-21(3)34-33-37(30(29)23-12-8-9-13-24(23)41-4)31(39)27(44-33)19-22-14-15-25(26(18-22)42-5)43-20-28(38)36-16-10-11-17-36/h8-9,12-15,18-19,30H,6-7,10-11,16-17,20H2,1-5H3/b27-19-/t30-/m1/s1. The molecule has 1 saturated heterocycles. The first-order valence-electron chi connectivity index (χ1n) is 14.8. The van der Waals surface area contributed by atoms with E-state index in [1.807, 2.05) is 56.0 Å². The summed E-state index contributed by atoms with van der Waals surface area (Å²) in [4.78, 5) is 49.2. The second-order valence-electron chi connectivity index (χ2n) is 10.6. The Bertz CT molecular complexity index is 1760. The molecule has 1 aromatic heterocycles. The van der Waals surface area contributed by atoms with Crippen LogP contribution in [0.15, 0.2) is 63.5 Å². The van der Waals surface area contributed by atoms with Gasteiger partial charge in [0.15, 0.2) is 22.9 Å². The van der Waals surface area contributed by atoms with Crippen LogP contribution < -0.4 is 29.1 Å². The summed E-state index contributed by atoms with van der Waals surface area (Å²) < 4.78 is 19.1. The summed E-state index contributed by atoms with van der Waals surface area (Å²) in [5, 5.41) is 0. The van der Waals surface area contributed by atoms with Crippen molar-refractivity contribution in [2.24, 2.45) is 4.99 Å². The average Bonchev–Trinajstić information content (AvgIpc) is 3.68. The fourth-order valence-corrected chi connectivity index (χ4v) is 6.75. The molecule has 0 aliphatic carbocycles. The average molecular weight is 619 g/mol. The number of ether oxygens (including phenoxy) is 3. The maximum Gasteiger partial charge on any atom is 0.271 e. The van der Waals surface area contributed by atoms with Crippen LogP contribution in [-0.2, 0) is 9.59 Å². The summed E-state index contributed by atoms with van der Waals surface area (Å²) in [6.45, 7) is 8.20. The van der Waals surface area contributed by atoms with Crippen molar-refractivity contribution in [1.29, 1.82) is 0 Å². The highest BCUT2D eigenvalue weighted by molar-refractivity contribution is 7.07. The molecule has 0 saturated carbocycles. The fourth-order valence-electron chi connectivity index (χ4n) is 5.70. The first kappa shape index (κ1) is 31.1. The molecule has 3 heterocycles. The van der Waals surface area contributed by atoms with Crippen LogP contribution >= 0.6 is 11.3 Å². The predicted octanol–water partition coefficient (Wildman–Crippen LogP) is 3.12. The minimum Gasteiger partial charge on any atom is -0.496 e. The number of amides is 2. The van der Waals surface area contributed by atoms with Gasteiger partial charge in [-0.25, -0.2) is 4.99 Å². The Kier molecular flexibility index (Phi) is 9.53. The van der Waals surface area contributed by atoms with Crippen molar-refractivity contribution in [2.45, 2.75) is 39.7 Å². The minimum absolute atomic E-state index is 0.0477. The summed E-state index contributed by atoms with van der Waals surface area (Å²) in [6, 6.07) is 12.1. The van der Waals surface area contributed by atoms with Gasteiger partial charge in [-0.2, -0.15) is 0 Å². The highest BCUT2D eigenvalue weighted by atomic mass is 32.1. The molecule has 2 aliphatic rings. The van der Waals surface area contributed by atoms with Gasteiger partial charge in [-0.15, -0.1) is 0 Å². The number of carbonyl (C=O) groups is 2. The first-order chi connectivity index (χ1) is 21.3. The van der Waals surface area contributed by atoms with E-state index in [2.05, 4.69) is 0 Å². The SMILES string of the molecule is CCN(CC)C(=O)C1=C(C)N=c2s/c(=C\c3ccc(OCC(=O)N4CCCC4)c(OC)c3)c(=O)n2[C@@H]1c1ccccc1OC. The number of para-hydroxylation sites is 1. The van der Waals surface area contributed by atoms with Crippen molar-refractivity contribution in [1.82, 2.24) is 14.4 Å². The molecular formula is C33H38N4O6S. The monoisotopic (exact) mass is 618 g/mol. The van der Waals surface area contributed by atoms with E-state index in [1.165, 1.54) is 18.4 Å². The fraction of sp³-hybridized carbons (Fsp3) is 0.394. The van der Waals surface area contributed by atoms with Gasteiger partial charge in [0.1, 0.15) is 11.8 Å². The Morgan fingerprint density at radius 3 is 2.41 bits per heavy atom. The number of carbonyl (C=O) groups excluding carboxylic acids is 2. The quantitative estimate of drug-likeness (QED) is 0.346. The van der Waals surface area contributed by atoms with Crippen molar-refractivity contribution in [2.75, 3.05) is 47.0 Å². The van der Waals surface area contributed by atoms with Gasteiger partial charge in [0.05, 0.1) is 30.0 Å². The van der Waals surface area contributed by atoms with E-state index in [1.54, 1.807) is 34.8 Å². The first-order valence-corrected chi connectivity index (χ1v) is 15.7. The van der Waals surface area contributed by atoms with Gasteiger partial charge in [-0.3, -0.25) is 19.0 Å². The minimum atomic E-state index is -0.712. The zero-order valence-corrected chi connectivity index (χ0v) is 26.6. The van der Waals surface area contributed by atoms with Crippen LogP contribution in [0.5, 0.6) is 17.2 Å². The highest BCUT2D eigenvalue weighted by Gasteiger charge is 2.35. The van der Waals surface area contributed by atoms with E-state index in [-0.39, 0.29) is 24.0 Å². The zero-order valence-electron chi connectivity index (χ0n) is 25.8. The van der Waals surface area contributed by atoms with E-state index >= 15 is 0 Å². The third-order valence-corrected chi connectivity index (χ3v) is 9.01. The van der Waals surface area contributed by atoms with Gasteiger partial charge in [-0.1, -0.05) is 35.6 Å². The highest BCUT2D eigenvalue weighted by Crippen LogP contribution is 2.36. The Hall–Kier alpha value is -4.38. The third-order valence-electron chi connectivity index (χ3n) is 8.03. The molecule has 5 rings (SSSR count). The molecule has 0 unspecified atom stereocenters. The van der Waals surface area contributed by atoms with Crippen molar-refractivity contribution >= 4 is 29.2 Å². The molecular weight excluding hydrogens is 580 g/mol. The van der Waals surface area contributed by atoms with Crippen molar-refractivity contribution in [3.63, 3.8) is 0 Å². The summed E-state index contributed by atoms with van der Waals surface area (Å²) in [5.74, 6) is 1.27. The number of nitrogens with zero attached hydrogens (tertiary/aromatic N) is 4. The smallest absolute Gasteiger partial charge is 0.271 e.